The Bertz CT molecular complexity index is 362. The standard InChI is InChI=1S/C14H22N2O2S/c17-14(16-9-5-13-2-1-11-19-13)6-10-18-12-3-7-15-8-4-12/h1-2,11-12,15H,3-10H2,(H,16,17). The highest BCUT2D eigenvalue weighted by Crippen LogP contribution is 2.08. The van der Waals surface area contributed by atoms with Gasteiger partial charge in [-0.2, -0.15) is 0 Å². The Hall–Kier alpha value is -0.910. The third-order valence-electron chi connectivity index (χ3n) is 3.24. The number of carbonyl (C=O) groups is 1. The van der Waals surface area contributed by atoms with Gasteiger partial charge in [0.25, 0.3) is 0 Å². The van der Waals surface area contributed by atoms with Crippen LogP contribution in [0.3, 0.4) is 0 Å². The number of carbonyl (C=O) groups excluding carboxylic acids is 1. The van der Waals surface area contributed by atoms with E-state index >= 15 is 0 Å². The molecule has 0 atom stereocenters. The van der Waals surface area contributed by atoms with Gasteiger partial charge in [-0.15, -0.1) is 11.3 Å². The maximum Gasteiger partial charge on any atom is 0.222 e. The minimum Gasteiger partial charge on any atom is -0.378 e. The Kier molecular flexibility index (Phi) is 6.33. The summed E-state index contributed by atoms with van der Waals surface area (Å²) in [6.45, 7) is 3.30. The van der Waals surface area contributed by atoms with Gasteiger partial charge in [0.05, 0.1) is 12.7 Å². The van der Waals surface area contributed by atoms with Gasteiger partial charge in [-0.25, -0.2) is 0 Å². The van der Waals surface area contributed by atoms with Crippen LogP contribution in [-0.4, -0.2) is 38.3 Å². The van der Waals surface area contributed by atoms with Crippen LogP contribution in [0.2, 0.25) is 0 Å². The molecule has 4 nitrogen and oxygen atoms in total. The van der Waals surface area contributed by atoms with Crippen molar-refractivity contribution < 1.29 is 9.53 Å². The first-order chi connectivity index (χ1) is 9.34. The lowest BCUT2D eigenvalue weighted by Gasteiger charge is -2.22. The quantitative estimate of drug-likeness (QED) is 0.798. The van der Waals surface area contributed by atoms with Crippen LogP contribution in [-0.2, 0) is 16.0 Å². The predicted molar refractivity (Wildman–Crippen MR) is 77.5 cm³/mol. The van der Waals surface area contributed by atoms with Crippen LogP contribution in [0.15, 0.2) is 17.5 Å². The van der Waals surface area contributed by atoms with E-state index in [0.29, 0.717) is 25.7 Å². The van der Waals surface area contributed by atoms with Crippen molar-refractivity contribution >= 4 is 17.2 Å². The summed E-state index contributed by atoms with van der Waals surface area (Å²) in [4.78, 5) is 12.9. The maximum absolute atomic E-state index is 11.6. The molecule has 5 heteroatoms. The topological polar surface area (TPSA) is 50.4 Å². The van der Waals surface area contributed by atoms with Crippen LogP contribution in [0.5, 0.6) is 0 Å². The number of rotatable bonds is 7. The molecule has 1 aliphatic heterocycles. The van der Waals surface area contributed by atoms with E-state index in [9.17, 15) is 4.79 Å². The molecular weight excluding hydrogens is 260 g/mol. The molecule has 106 valence electrons. The average Bonchev–Trinajstić information content (AvgIpc) is 2.93. The summed E-state index contributed by atoms with van der Waals surface area (Å²) >= 11 is 1.73. The van der Waals surface area contributed by atoms with Gasteiger partial charge >= 0.3 is 0 Å². The summed E-state index contributed by atoms with van der Waals surface area (Å²) in [6, 6.07) is 4.13. The van der Waals surface area contributed by atoms with E-state index in [4.69, 9.17) is 4.74 Å². The SMILES string of the molecule is O=C(CCOC1CCNCC1)NCCc1cccs1. The number of hydrogen-bond acceptors (Lipinski definition) is 4. The van der Waals surface area contributed by atoms with E-state index in [1.807, 2.05) is 6.07 Å². The molecule has 1 aliphatic rings. The van der Waals surface area contributed by atoms with Crippen LogP contribution in [0.4, 0.5) is 0 Å². The Morgan fingerprint density at radius 3 is 3.05 bits per heavy atom. The van der Waals surface area contributed by atoms with Crippen molar-refractivity contribution in [1.82, 2.24) is 10.6 Å². The molecule has 0 unspecified atom stereocenters. The number of nitrogens with one attached hydrogen (secondary N) is 2. The van der Waals surface area contributed by atoms with Gasteiger partial charge < -0.3 is 15.4 Å². The van der Waals surface area contributed by atoms with Crippen molar-refractivity contribution in [1.29, 1.82) is 0 Å². The number of hydrogen-bond donors (Lipinski definition) is 2. The largest absolute Gasteiger partial charge is 0.378 e. The molecule has 0 saturated carbocycles. The normalized spacial score (nSPS) is 16.4. The van der Waals surface area contributed by atoms with Gasteiger partial charge in [0.15, 0.2) is 0 Å². The Morgan fingerprint density at radius 2 is 2.32 bits per heavy atom. The van der Waals surface area contributed by atoms with E-state index in [0.717, 1.165) is 32.4 Å². The molecular formula is C14H22N2O2S. The second-order valence-electron chi connectivity index (χ2n) is 4.75. The molecule has 1 saturated heterocycles. The van der Waals surface area contributed by atoms with Crippen molar-refractivity contribution in [3.05, 3.63) is 22.4 Å². The summed E-state index contributed by atoms with van der Waals surface area (Å²) in [5, 5.41) is 8.29. The van der Waals surface area contributed by atoms with Crippen LogP contribution < -0.4 is 10.6 Å². The lowest BCUT2D eigenvalue weighted by molar-refractivity contribution is -0.122. The lowest BCUT2D eigenvalue weighted by Crippen LogP contribution is -2.33. The van der Waals surface area contributed by atoms with Gasteiger partial charge in [-0.3, -0.25) is 4.79 Å². The molecule has 2 N–H and O–H groups in total. The molecule has 0 aromatic carbocycles. The second-order valence-corrected chi connectivity index (χ2v) is 5.78. The summed E-state index contributed by atoms with van der Waals surface area (Å²) in [5.41, 5.74) is 0. The Labute approximate surface area is 118 Å². The average molecular weight is 282 g/mol. The molecule has 1 amide bonds. The zero-order valence-electron chi connectivity index (χ0n) is 11.2. The molecule has 1 fully saturated rings. The van der Waals surface area contributed by atoms with E-state index in [-0.39, 0.29) is 5.91 Å². The van der Waals surface area contributed by atoms with Crippen molar-refractivity contribution in [2.75, 3.05) is 26.2 Å². The fraction of sp³-hybridized carbons (Fsp3) is 0.643. The Balaban J connectivity index is 1.49. The summed E-state index contributed by atoms with van der Waals surface area (Å²) in [7, 11) is 0. The smallest absolute Gasteiger partial charge is 0.222 e. The molecule has 0 spiro atoms. The van der Waals surface area contributed by atoms with Gasteiger partial charge in [0, 0.05) is 17.8 Å². The molecule has 0 radical (unpaired) electrons. The van der Waals surface area contributed by atoms with E-state index < -0.39 is 0 Å². The zero-order chi connectivity index (χ0) is 13.3. The van der Waals surface area contributed by atoms with E-state index in [1.54, 1.807) is 11.3 Å². The van der Waals surface area contributed by atoms with Crippen LogP contribution in [0, 0.1) is 0 Å². The van der Waals surface area contributed by atoms with Gasteiger partial charge in [-0.05, 0) is 43.8 Å². The zero-order valence-corrected chi connectivity index (χ0v) is 12.0. The fourth-order valence-corrected chi connectivity index (χ4v) is 2.86. The van der Waals surface area contributed by atoms with Crippen LogP contribution in [0.25, 0.3) is 0 Å². The van der Waals surface area contributed by atoms with Crippen LogP contribution >= 0.6 is 11.3 Å². The third-order valence-corrected chi connectivity index (χ3v) is 4.18. The second kappa shape index (κ2) is 8.30. The maximum atomic E-state index is 11.6. The number of ether oxygens (including phenoxy) is 1. The molecule has 1 aromatic rings. The van der Waals surface area contributed by atoms with Crippen molar-refractivity contribution in [3.8, 4) is 0 Å². The first kappa shape index (κ1) is 14.5. The van der Waals surface area contributed by atoms with E-state index in [2.05, 4.69) is 22.1 Å². The lowest BCUT2D eigenvalue weighted by atomic mass is 10.1. The minimum atomic E-state index is 0.0884. The van der Waals surface area contributed by atoms with Gasteiger partial charge in [-0.1, -0.05) is 6.07 Å². The Morgan fingerprint density at radius 1 is 1.47 bits per heavy atom. The number of amides is 1. The fourth-order valence-electron chi connectivity index (χ4n) is 2.15. The monoisotopic (exact) mass is 282 g/mol. The minimum absolute atomic E-state index is 0.0884. The first-order valence-electron chi connectivity index (χ1n) is 6.96. The highest BCUT2D eigenvalue weighted by atomic mass is 32.1. The first-order valence-corrected chi connectivity index (χ1v) is 7.84. The van der Waals surface area contributed by atoms with Gasteiger partial charge in [0.2, 0.25) is 5.91 Å². The molecule has 1 aromatic heterocycles. The molecule has 2 heterocycles. The molecule has 19 heavy (non-hydrogen) atoms. The van der Waals surface area contributed by atoms with Crippen molar-refractivity contribution in [2.24, 2.45) is 0 Å². The summed E-state index contributed by atoms with van der Waals surface area (Å²) in [5.74, 6) is 0.0884. The van der Waals surface area contributed by atoms with E-state index in [1.165, 1.54) is 4.88 Å². The summed E-state index contributed by atoms with van der Waals surface area (Å²) in [6.07, 6.45) is 3.83. The third kappa shape index (κ3) is 5.72. The van der Waals surface area contributed by atoms with Gasteiger partial charge in [0.1, 0.15) is 0 Å². The van der Waals surface area contributed by atoms with Crippen molar-refractivity contribution in [3.63, 3.8) is 0 Å². The predicted octanol–water partition coefficient (Wildman–Crippen LogP) is 1.57. The highest BCUT2D eigenvalue weighted by molar-refractivity contribution is 7.09. The molecule has 0 aliphatic carbocycles. The summed E-state index contributed by atoms with van der Waals surface area (Å²) < 4.78 is 5.71. The number of piperidine rings is 1. The van der Waals surface area contributed by atoms with Crippen LogP contribution in [0.1, 0.15) is 24.1 Å². The highest BCUT2D eigenvalue weighted by Gasteiger charge is 2.13. The van der Waals surface area contributed by atoms with Crippen molar-refractivity contribution in [2.45, 2.75) is 31.8 Å². The molecule has 2 rings (SSSR count). The number of thiophene rings is 1. The molecule has 0 bridgehead atoms.